The summed E-state index contributed by atoms with van der Waals surface area (Å²) < 4.78 is 25.4. The van der Waals surface area contributed by atoms with E-state index in [0.29, 0.717) is 24.8 Å². The number of rotatable bonds is 6. The minimum Gasteiger partial charge on any atom is -0.486 e. The van der Waals surface area contributed by atoms with E-state index in [9.17, 15) is 9.00 Å². The zero-order valence-electron chi connectivity index (χ0n) is 16.8. The molecule has 6 nitrogen and oxygen atoms in total. The average Bonchev–Trinajstić information content (AvgIpc) is 3.09. The van der Waals surface area contributed by atoms with E-state index in [0.717, 1.165) is 39.0 Å². The van der Waals surface area contributed by atoms with Gasteiger partial charge in [0.05, 0.1) is 13.2 Å². The summed E-state index contributed by atoms with van der Waals surface area (Å²) in [5.41, 5.74) is 2.52. The lowest BCUT2D eigenvalue weighted by molar-refractivity contribution is 0.182. The molecule has 29 heavy (non-hydrogen) atoms. The monoisotopic (exact) mass is 416 g/mol. The lowest BCUT2D eigenvalue weighted by Crippen LogP contribution is -2.39. The molecule has 156 valence electrons. The molecule has 0 radical (unpaired) electrons. The highest BCUT2D eigenvalue weighted by atomic mass is 32.2. The molecule has 2 aromatic rings. The van der Waals surface area contributed by atoms with Gasteiger partial charge in [0.1, 0.15) is 12.0 Å². The van der Waals surface area contributed by atoms with Crippen molar-refractivity contribution in [2.75, 3.05) is 26.0 Å². The molecular weight excluding hydrogens is 388 g/mol. The third-order valence-corrected chi connectivity index (χ3v) is 7.19. The fourth-order valence-electron chi connectivity index (χ4n) is 4.03. The van der Waals surface area contributed by atoms with Crippen molar-refractivity contribution < 1.29 is 13.4 Å². The SMILES string of the molecule is C=S(C)(=O)N1CCC(COc2coc(CN3Cc4ccccc4C3)cc2=O)CC1. The molecule has 2 aliphatic rings. The summed E-state index contributed by atoms with van der Waals surface area (Å²) >= 11 is 0. The number of fused-ring (bicyclic) bond motifs is 1. The van der Waals surface area contributed by atoms with Crippen LogP contribution in [-0.4, -0.2) is 45.2 Å². The molecule has 1 unspecified atom stereocenters. The van der Waals surface area contributed by atoms with Crippen molar-refractivity contribution in [3.05, 3.63) is 63.7 Å². The minimum atomic E-state index is -2.13. The molecule has 1 aromatic heterocycles. The first-order valence-electron chi connectivity index (χ1n) is 9.99. The first-order chi connectivity index (χ1) is 13.9. The molecule has 0 aliphatic carbocycles. The molecule has 1 fully saturated rings. The summed E-state index contributed by atoms with van der Waals surface area (Å²) in [6.07, 6.45) is 4.89. The van der Waals surface area contributed by atoms with Gasteiger partial charge in [-0.2, -0.15) is 0 Å². The number of piperidine rings is 1. The van der Waals surface area contributed by atoms with Crippen molar-refractivity contribution >= 4 is 15.6 Å². The Morgan fingerprint density at radius 1 is 1.21 bits per heavy atom. The second kappa shape index (κ2) is 8.34. The van der Waals surface area contributed by atoms with Gasteiger partial charge in [0.25, 0.3) is 0 Å². The number of benzene rings is 1. The standard InChI is InChI=1S/C22H28N2O4S/c1-29(2,26)24-9-7-17(8-10-24)15-28-22-16-27-20(11-21(22)25)14-23-12-18-5-3-4-6-19(18)13-23/h3-6,11,16-17H,1,7-10,12-15H2,2H3. The average molecular weight is 417 g/mol. The smallest absolute Gasteiger partial charge is 0.227 e. The van der Waals surface area contributed by atoms with Crippen LogP contribution >= 0.6 is 0 Å². The maximum Gasteiger partial charge on any atom is 0.227 e. The highest BCUT2D eigenvalue weighted by Gasteiger charge is 2.23. The predicted octanol–water partition coefficient (Wildman–Crippen LogP) is 2.51. The van der Waals surface area contributed by atoms with Crippen LogP contribution in [0.25, 0.3) is 0 Å². The van der Waals surface area contributed by atoms with Crippen LogP contribution in [-0.2, 0) is 29.3 Å². The zero-order chi connectivity index (χ0) is 20.4. The van der Waals surface area contributed by atoms with Crippen molar-refractivity contribution in [2.45, 2.75) is 32.5 Å². The van der Waals surface area contributed by atoms with Gasteiger partial charge in [0, 0.05) is 48.2 Å². The van der Waals surface area contributed by atoms with Crippen LogP contribution in [0, 0.1) is 5.92 Å². The molecule has 0 saturated carbocycles. The Morgan fingerprint density at radius 3 is 2.45 bits per heavy atom. The summed E-state index contributed by atoms with van der Waals surface area (Å²) in [7, 11) is -2.13. The fourth-order valence-corrected chi connectivity index (χ4v) is 5.02. The van der Waals surface area contributed by atoms with Crippen molar-refractivity contribution in [2.24, 2.45) is 5.92 Å². The van der Waals surface area contributed by atoms with E-state index >= 15 is 0 Å². The summed E-state index contributed by atoms with van der Waals surface area (Å²) in [4.78, 5) is 14.7. The normalized spacial score (nSPS) is 20.3. The summed E-state index contributed by atoms with van der Waals surface area (Å²) in [6, 6.07) is 9.93. The van der Waals surface area contributed by atoms with Gasteiger partial charge in [-0.25, -0.2) is 4.31 Å². The molecule has 0 spiro atoms. The van der Waals surface area contributed by atoms with Crippen molar-refractivity contribution in [1.29, 1.82) is 0 Å². The van der Waals surface area contributed by atoms with E-state index in [-0.39, 0.29) is 11.2 Å². The highest BCUT2D eigenvalue weighted by Crippen LogP contribution is 2.24. The fraction of sp³-hybridized carbons (Fsp3) is 0.455. The molecular formula is C22H28N2O4S. The molecule has 2 aliphatic heterocycles. The van der Waals surface area contributed by atoms with Gasteiger partial charge in [-0.05, 0) is 35.8 Å². The Kier molecular flexibility index (Phi) is 5.81. The molecule has 0 bridgehead atoms. The summed E-state index contributed by atoms with van der Waals surface area (Å²) in [5, 5.41) is 0. The Balaban J connectivity index is 1.29. The molecule has 0 N–H and O–H groups in total. The van der Waals surface area contributed by atoms with Gasteiger partial charge in [-0.15, -0.1) is 0 Å². The van der Waals surface area contributed by atoms with Crippen LogP contribution in [0.4, 0.5) is 0 Å². The second-order valence-electron chi connectivity index (χ2n) is 8.13. The lowest BCUT2D eigenvalue weighted by atomic mass is 9.99. The summed E-state index contributed by atoms with van der Waals surface area (Å²) in [6.45, 7) is 4.31. The van der Waals surface area contributed by atoms with Gasteiger partial charge in [0.2, 0.25) is 11.2 Å². The van der Waals surface area contributed by atoms with Crippen molar-refractivity contribution in [3.63, 3.8) is 0 Å². The molecule has 1 atom stereocenters. The first-order valence-corrected chi connectivity index (χ1v) is 12.1. The van der Waals surface area contributed by atoms with Crippen LogP contribution in [0.2, 0.25) is 0 Å². The molecule has 7 heteroatoms. The Morgan fingerprint density at radius 2 is 1.86 bits per heavy atom. The Bertz CT molecular complexity index is 998. The van der Waals surface area contributed by atoms with Gasteiger partial charge in [-0.1, -0.05) is 24.3 Å². The topological polar surface area (TPSA) is 63.0 Å². The van der Waals surface area contributed by atoms with Gasteiger partial charge in [0.15, 0.2) is 0 Å². The third kappa shape index (κ3) is 4.91. The van der Waals surface area contributed by atoms with Gasteiger partial charge >= 0.3 is 0 Å². The highest BCUT2D eigenvalue weighted by molar-refractivity contribution is 7.97. The molecule has 4 rings (SSSR count). The molecule has 1 saturated heterocycles. The number of nitrogens with zero attached hydrogens (tertiary/aromatic N) is 2. The van der Waals surface area contributed by atoms with E-state index in [1.807, 2.05) is 4.31 Å². The molecule has 0 amide bonds. The predicted molar refractivity (Wildman–Crippen MR) is 115 cm³/mol. The number of hydrogen-bond donors (Lipinski definition) is 0. The third-order valence-electron chi connectivity index (χ3n) is 5.73. The minimum absolute atomic E-state index is 0.144. The van der Waals surface area contributed by atoms with E-state index < -0.39 is 9.71 Å². The van der Waals surface area contributed by atoms with Crippen LogP contribution < -0.4 is 10.2 Å². The van der Waals surface area contributed by atoms with Crippen LogP contribution in [0.15, 0.2) is 45.8 Å². The largest absolute Gasteiger partial charge is 0.486 e. The van der Waals surface area contributed by atoms with Crippen molar-refractivity contribution in [1.82, 2.24) is 9.21 Å². The van der Waals surface area contributed by atoms with Gasteiger partial charge in [-0.3, -0.25) is 13.9 Å². The van der Waals surface area contributed by atoms with Crippen LogP contribution in [0.1, 0.15) is 29.7 Å². The van der Waals surface area contributed by atoms with Gasteiger partial charge < -0.3 is 9.15 Å². The number of hydrogen-bond acceptors (Lipinski definition) is 5. The second-order valence-corrected chi connectivity index (χ2v) is 10.6. The Labute approximate surface area is 172 Å². The summed E-state index contributed by atoms with van der Waals surface area (Å²) in [5.74, 6) is 5.00. The van der Waals surface area contributed by atoms with E-state index in [4.69, 9.17) is 9.15 Å². The van der Waals surface area contributed by atoms with Crippen LogP contribution in [0.5, 0.6) is 5.75 Å². The van der Waals surface area contributed by atoms with E-state index in [1.54, 1.807) is 6.26 Å². The van der Waals surface area contributed by atoms with E-state index in [1.165, 1.54) is 23.5 Å². The maximum atomic E-state index is 12.4. The first kappa shape index (κ1) is 20.2. The van der Waals surface area contributed by atoms with E-state index in [2.05, 4.69) is 35.0 Å². The quantitative estimate of drug-likeness (QED) is 0.677. The Hall–Kier alpha value is -2.09. The maximum absolute atomic E-state index is 12.4. The molecule has 3 heterocycles. The lowest BCUT2D eigenvalue weighted by Gasteiger charge is -2.32. The molecule has 1 aromatic carbocycles. The van der Waals surface area contributed by atoms with Crippen LogP contribution in [0.3, 0.4) is 0 Å². The number of ether oxygens (including phenoxy) is 1. The van der Waals surface area contributed by atoms with Crippen molar-refractivity contribution in [3.8, 4) is 5.75 Å². The zero-order valence-corrected chi connectivity index (χ0v) is 17.7.